The molecule has 0 spiro atoms. The first kappa shape index (κ1) is 18.7. The van der Waals surface area contributed by atoms with Crippen LogP contribution in [0.4, 0.5) is 5.69 Å². The Balaban J connectivity index is 1.70. The van der Waals surface area contributed by atoms with Gasteiger partial charge in [0.15, 0.2) is 5.78 Å². The van der Waals surface area contributed by atoms with Gasteiger partial charge >= 0.3 is 0 Å². The number of phenols is 1. The molecule has 27 heavy (non-hydrogen) atoms. The molecule has 0 aliphatic carbocycles. The first-order chi connectivity index (χ1) is 13.0. The Labute approximate surface area is 162 Å². The Morgan fingerprint density at radius 3 is 2.56 bits per heavy atom. The van der Waals surface area contributed by atoms with E-state index >= 15 is 0 Å². The van der Waals surface area contributed by atoms with Gasteiger partial charge in [0.2, 0.25) is 0 Å². The lowest BCUT2D eigenvalue weighted by molar-refractivity contribution is 0.101. The van der Waals surface area contributed by atoms with Gasteiger partial charge < -0.3 is 9.84 Å². The summed E-state index contributed by atoms with van der Waals surface area (Å²) in [5, 5.41) is 10.5. The largest absolute Gasteiger partial charge is 0.506 e. The number of ketones is 1. The van der Waals surface area contributed by atoms with Crippen molar-refractivity contribution >= 4 is 29.3 Å². The van der Waals surface area contributed by atoms with Crippen LogP contribution in [-0.2, 0) is 6.61 Å². The van der Waals surface area contributed by atoms with Crippen LogP contribution in [0, 0.1) is 0 Å². The molecule has 3 aromatic rings. The third kappa shape index (κ3) is 4.96. The maximum atomic E-state index is 11.3. The average Bonchev–Trinajstić information content (AvgIpc) is 2.67. The van der Waals surface area contributed by atoms with Gasteiger partial charge in [-0.2, -0.15) is 0 Å². The molecule has 4 nitrogen and oxygen atoms in total. The highest BCUT2D eigenvalue weighted by atomic mass is 35.5. The van der Waals surface area contributed by atoms with Gasteiger partial charge in [-0.05, 0) is 54.4 Å². The molecule has 1 N–H and O–H groups in total. The summed E-state index contributed by atoms with van der Waals surface area (Å²) in [5.74, 6) is 0.429. The lowest BCUT2D eigenvalue weighted by Gasteiger charge is -2.08. The highest BCUT2D eigenvalue weighted by molar-refractivity contribution is 6.32. The minimum Gasteiger partial charge on any atom is -0.506 e. The highest BCUT2D eigenvalue weighted by Gasteiger charge is 2.06. The van der Waals surface area contributed by atoms with Crippen molar-refractivity contribution < 1.29 is 14.6 Å². The smallest absolute Gasteiger partial charge is 0.159 e. The average molecular weight is 380 g/mol. The summed E-state index contributed by atoms with van der Waals surface area (Å²) in [6, 6.07) is 19.8. The van der Waals surface area contributed by atoms with Gasteiger partial charge in [0, 0.05) is 11.8 Å². The number of hydrogen-bond acceptors (Lipinski definition) is 4. The second-order valence-electron chi connectivity index (χ2n) is 5.98. The summed E-state index contributed by atoms with van der Waals surface area (Å²) in [5.41, 5.74) is 2.64. The van der Waals surface area contributed by atoms with Crippen molar-refractivity contribution in [1.82, 2.24) is 0 Å². The van der Waals surface area contributed by atoms with Crippen molar-refractivity contribution in [2.75, 3.05) is 0 Å². The number of hydrogen-bond donors (Lipinski definition) is 1. The number of halogens is 1. The van der Waals surface area contributed by atoms with Crippen molar-refractivity contribution in [2.24, 2.45) is 4.99 Å². The second kappa shape index (κ2) is 8.52. The fourth-order valence-corrected chi connectivity index (χ4v) is 2.69. The predicted molar refractivity (Wildman–Crippen MR) is 108 cm³/mol. The van der Waals surface area contributed by atoms with Crippen LogP contribution >= 0.6 is 11.6 Å². The number of ether oxygens (including phenoxy) is 1. The Morgan fingerprint density at radius 2 is 1.89 bits per heavy atom. The Kier molecular flexibility index (Phi) is 5.89. The van der Waals surface area contributed by atoms with Gasteiger partial charge in [-0.15, -0.1) is 0 Å². The lowest BCUT2D eigenvalue weighted by Crippen LogP contribution is -1.96. The molecule has 3 aromatic carbocycles. The summed E-state index contributed by atoms with van der Waals surface area (Å²) in [6.07, 6.45) is 1.59. The maximum absolute atomic E-state index is 11.3. The van der Waals surface area contributed by atoms with E-state index in [9.17, 15) is 9.90 Å². The van der Waals surface area contributed by atoms with E-state index in [4.69, 9.17) is 16.3 Å². The first-order valence-electron chi connectivity index (χ1n) is 8.37. The van der Waals surface area contributed by atoms with Crippen molar-refractivity contribution in [3.8, 4) is 11.5 Å². The molecule has 0 saturated carbocycles. The van der Waals surface area contributed by atoms with Gasteiger partial charge in [0.1, 0.15) is 23.8 Å². The van der Waals surface area contributed by atoms with Crippen LogP contribution in [0.3, 0.4) is 0 Å². The number of Topliss-reactive ketones (excluding diaryl/α,β-unsaturated/α-hetero) is 1. The van der Waals surface area contributed by atoms with Gasteiger partial charge in [-0.1, -0.05) is 41.9 Å². The molecule has 136 valence electrons. The molecule has 0 aliphatic heterocycles. The monoisotopic (exact) mass is 379 g/mol. The van der Waals surface area contributed by atoms with Crippen LogP contribution in [0.2, 0.25) is 5.02 Å². The third-order valence-corrected chi connectivity index (χ3v) is 4.22. The van der Waals surface area contributed by atoms with Crippen LogP contribution in [0.5, 0.6) is 11.5 Å². The molecule has 0 atom stereocenters. The van der Waals surface area contributed by atoms with E-state index in [1.54, 1.807) is 30.5 Å². The molecule has 3 rings (SSSR count). The number of benzene rings is 3. The molecule has 0 saturated heterocycles. The quantitative estimate of drug-likeness (QED) is 0.449. The van der Waals surface area contributed by atoms with Gasteiger partial charge in [-0.25, -0.2) is 0 Å². The Morgan fingerprint density at radius 1 is 1.11 bits per heavy atom. The maximum Gasteiger partial charge on any atom is 0.159 e. The first-order valence-corrected chi connectivity index (χ1v) is 8.75. The zero-order chi connectivity index (χ0) is 19.2. The molecule has 0 aliphatic rings. The topological polar surface area (TPSA) is 58.9 Å². The van der Waals surface area contributed by atoms with Crippen molar-refractivity contribution in [2.45, 2.75) is 13.5 Å². The van der Waals surface area contributed by atoms with E-state index in [0.29, 0.717) is 28.6 Å². The lowest BCUT2D eigenvalue weighted by atomic mass is 10.1. The molecule has 0 radical (unpaired) electrons. The summed E-state index contributed by atoms with van der Waals surface area (Å²) in [4.78, 5) is 15.6. The van der Waals surface area contributed by atoms with Crippen molar-refractivity contribution in [3.05, 3.63) is 88.4 Å². The molecule has 0 bridgehead atoms. The normalized spacial score (nSPS) is 10.9. The van der Waals surface area contributed by atoms with E-state index in [1.807, 2.05) is 36.4 Å². The minimum absolute atomic E-state index is 0.0483. The van der Waals surface area contributed by atoms with Crippen LogP contribution in [0.25, 0.3) is 0 Å². The molecule has 0 amide bonds. The second-order valence-corrected chi connectivity index (χ2v) is 6.39. The number of carbonyl (C=O) groups is 1. The number of nitrogens with zero attached hydrogens (tertiary/aromatic N) is 1. The highest BCUT2D eigenvalue weighted by Crippen LogP contribution is 2.29. The fourth-order valence-electron chi connectivity index (χ4n) is 2.45. The van der Waals surface area contributed by atoms with Crippen molar-refractivity contribution in [1.29, 1.82) is 0 Å². The van der Waals surface area contributed by atoms with Crippen LogP contribution in [-0.4, -0.2) is 17.1 Å². The van der Waals surface area contributed by atoms with Crippen LogP contribution in [0.1, 0.15) is 28.4 Å². The van der Waals surface area contributed by atoms with Crippen LogP contribution < -0.4 is 4.74 Å². The number of aliphatic imine (C=N–C) groups is 1. The number of phenolic OH excluding ortho intramolecular Hbond substituents is 1. The van der Waals surface area contributed by atoms with Crippen LogP contribution in [0.15, 0.2) is 71.7 Å². The van der Waals surface area contributed by atoms with Crippen molar-refractivity contribution in [3.63, 3.8) is 0 Å². The zero-order valence-corrected chi connectivity index (χ0v) is 15.5. The summed E-state index contributed by atoms with van der Waals surface area (Å²) >= 11 is 6.29. The van der Waals surface area contributed by atoms with Gasteiger partial charge in [-0.3, -0.25) is 9.79 Å². The van der Waals surface area contributed by atoms with Gasteiger partial charge in [0.25, 0.3) is 0 Å². The Hall–Kier alpha value is -3.11. The van der Waals surface area contributed by atoms with E-state index in [2.05, 4.69) is 4.99 Å². The van der Waals surface area contributed by atoms with E-state index < -0.39 is 0 Å². The number of rotatable bonds is 6. The molecule has 0 unspecified atom stereocenters. The minimum atomic E-state index is -0.112. The number of carbonyl (C=O) groups excluding carboxylic acids is 1. The SMILES string of the molecule is CC(=O)c1ccc(N=Cc2ccc(OCc3ccccc3)c(Cl)c2)c(O)c1. The third-order valence-electron chi connectivity index (χ3n) is 3.93. The van der Waals surface area contributed by atoms with Gasteiger partial charge in [0.05, 0.1) is 5.02 Å². The summed E-state index contributed by atoms with van der Waals surface area (Å²) in [6.45, 7) is 1.88. The molecular formula is C22H18ClNO3. The molecule has 0 fully saturated rings. The molecule has 0 heterocycles. The standard InChI is InChI=1S/C22H18ClNO3/c1-15(25)18-8-9-20(21(26)12-18)24-13-17-7-10-22(19(23)11-17)27-14-16-5-3-2-4-6-16/h2-13,26H,14H2,1H3. The van der Waals surface area contributed by atoms with E-state index in [-0.39, 0.29) is 11.5 Å². The molecular weight excluding hydrogens is 362 g/mol. The molecule has 5 heteroatoms. The van der Waals surface area contributed by atoms with E-state index in [1.165, 1.54) is 13.0 Å². The van der Waals surface area contributed by atoms with E-state index in [0.717, 1.165) is 11.1 Å². The fraction of sp³-hybridized carbons (Fsp3) is 0.0909. The zero-order valence-electron chi connectivity index (χ0n) is 14.7. The summed E-state index contributed by atoms with van der Waals surface area (Å²) < 4.78 is 5.75. The summed E-state index contributed by atoms with van der Waals surface area (Å²) in [7, 11) is 0. The molecule has 0 aromatic heterocycles. The Bertz CT molecular complexity index is 984. The number of aromatic hydroxyl groups is 1. The predicted octanol–water partition coefficient (Wildman–Crippen LogP) is 5.58.